The second-order valence-electron chi connectivity index (χ2n) is 8.84. The third-order valence-corrected chi connectivity index (χ3v) is 7.64. The van der Waals surface area contributed by atoms with Crippen molar-refractivity contribution in [3.05, 3.63) is 106 Å². The van der Waals surface area contributed by atoms with Crippen LogP contribution in [-0.4, -0.2) is 36.7 Å². The Hall–Kier alpha value is -3.70. The van der Waals surface area contributed by atoms with Crippen molar-refractivity contribution in [1.29, 1.82) is 0 Å². The van der Waals surface area contributed by atoms with Crippen molar-refractivity contribution in [2.45, 2.75) is 18.0 Å². The fraction of sp³-hybridized carbons (Fsp3) is 0.179. The van der Waals surface area contributed by atoms with Gasteiger partial charge in [-0.2, -0.15) is 0 Å². The number of para-hydroxylation sites is 1. The first kappa shape index (κ1) is 20.9. The van der Waals surface area contributed by atoms with Crippen LogP contribution >= 0.6 is 11.6 Å². The maximum absolute atomic E-state index is 14.2. The Labute approximate surface area is 201 Å². The molecule has 0 bridgehead atoms. The molecule has 2 heterocycles. The molecule has 0 saturated carbocycles. The van der Waals surface area contributed by atoms with E-state index in [0.717, 1.165) is 11.3 Å². The summed E-state index contributed by atoms with van der Waals surface area (Å²) in [4.78, 5) is 43.8. The van der Waals surface area contributed by atoms with Crippen LogP contribution in [0.15, 0.2) is 78.9 Å². The minimum Gasteiger partial charge on any atom is -0.467 e. The van der Waals surface area contributed by atoms with Gasteiger partial charge < -0.3 is 9.64 Å². The Morgan fingerprint density at radius 1 is 0.912 bits per heavy atom. The van der Waals surface area contributed by atoms with Crippen LogP contribution < -0.4 is 4.90 Å². The second kappa shape index (κ2) is 7.40. The number of nitrogens with zero attached hydrogens (tertiary/aromatic N) is 1. The molecule has 5 nitrogen and oxygen atoms in total. The smallest absolute Gasteiger partial charge is 0.329 e. The number of ether oxygens (including phenoxy) is 1. The zero-order chi connectivity index (χ0) is 23.6. The highest BCUT2D eigenvalue weighted by Crippen LogP contribution is 2.60. The van der Waals surface area contributed by atoms with Crippen LogP contribution in [0.5, 0.6) is 0 Å². The predicted molar refractivity (Wildman–Crippen MR) is 129 cm³/mol. The molecular formula is C28H20ClNO4. The number of carbonyl (C=O) groups is 3. The SMILES string of the molecule is COC(=O)[C@H]1[C@H](c2ccc(Cl)cc2)C2(C(=O)c3ccccc3C2=O)[C@@H]2C=Cc3ccccc3N21. The van der Waals surface area contributed by atoms with Crippen molar-refractivity contribution in [3.8, 4) is 0 Å². The van der Waals surface area contributed by atoms with Gasteiger partial charge in [-0.25, -0.2) is 4.79 Å². The summed E-state index contributed by atoms with van der Waals surface area (Å²) in [6, 6.07) is 20.1. The van der Waals surface area contributed by atoms with Gasteiger partial charge in [0.15, 0.2) is 11.6 Å². The minimum absolute atomic E-state index is 0.265. The summed E-state index contributed by atoms with van der Waals surface area (Å²) in [6.07, 6.45) is 3.82. The van der Waals surface area contributed by atoms with Crippen LogP contribution in [0.3, 0.4) is 0 Å². The molecular weight excluding hydrogens is 450 g/mol. The number of carbonyl (C=O) groups excluding carboxylic acids is 3. The average molecular weight is 470 g/mol. The average Bonchev–Trinajstić information content (AvgIpc) is 3.31. The highest BCUT2D eigenvalue weighted by molar-refractivity contribution is 6.32. The van der Waals surface area contributed by atoms with Gasteiger partial charge in [0.05, 0.1) is 13.2 Å². The molecule has 3 aromatic rings. The second-order valence-corrected chi connectivity index (χ2v) is 9.28. The summed E-state index contributed by atoms with van der Waals surface area (Å²) in [5.41, 5.74) is 1.66. The molecule has 3 aromatic carbocycles. The highest BCUT2D eigenvalue weighted by Gasteiger charge is 2.71. The molecule has 168 valence electrons. The molecule has 6 rings (SSSR count). The van der Waals surface area contributed by atoms with E-state index >= 15 is 0 Å². The number of benzene rings is 3. The maximum atomic E-state index is 14.2. The van der Waals surface area contributed by atoms with E-state index in [2.05, 4.69) is 0 Å². The predicted octanol–water partition coefficient (Wildman–Crippen LogP) is 4.95. The number of hydrogen-bond acceptors (Lipinski definition) is 5. The van der Waals surface area contributed by atoms with Gasteiger partial charge in [0, 0.05) is 27.8 Å². The van der Waals surface area contributed by atoms with Gasteiger partial charge in [0.25, 0.3) is 0 Å². The van der Waals surface area contributed by atoms with Gasteiger partial charge in [0.2, 0.25) is 0 Å². The molecule has 0 N–H and O–H groups in total. The summed E-state index contributed by atoms with van der Waals surface area (Å²) in [5.74, 6) is -1.80. The van der Waals surface area contributed by atoms with E-state index in [4.69, 9.17) is 16.3 Å². The van der Waals surface area contributed by atoms with Gasteiger partial charge in [-0.15, -0.1) is 0 Å². The Morgan fingerprint density at radius 2 is 1.53 bits per heavy atom. The Bertz CT molecular complexity index is 1360. The van der Waals surface area contributed by atoms with E-state index < -0.39 is 29.4 Å². The molecule has 1 saturated heterocycles. The molecule has 3 atom stereocenters. The van der Waals surface area contributed by atoms with Gasteiger partial charge in [-0.3, -0.25) is 9.59 Å². The number of Topliss-reactive ketones (excluding diaryl/α,β-unsaturated/α-hetero) is 2. The van der Waals surface area contributed by atoms with E-state index in [-0.39, 0.29) is 11.6 Å². The topological polar surface area (TPSA) is 63.7 Å². The molecule has 6 heteroatoms. The molecule has 0 radical (unpaired) electrons. The molecule has 1 aliphatic carbocycles. The number of rotatable bonds is 2. The first-order valence-electron chi connectivity index (χ1n) is 11.1. The fourth-order valence-corrected chi connectivity index (χ4v) is 6.18. The first-order valence-corrected chi connectivity index (χ1v) is 11.5. The number of anilines is 1. The molecule has 0 amide bonds. The summed E-state index contributed by atoms with van der Waals surface area (Å²) < 4.78 is 5.27. The van der Waals surface area contributed by atoms with E-state index in [0.29, 0.717) is 21.7 Å². The van der Waals surface area contributed by atoms with E-state index in [1.54, 1.807) is 48.5 Å². The van der Waals surface area contributed by atoms with Gasteiger partial charge in [-0.1, -0.05) is 78.4 Å². The molecule has 3 aliphatic rings. The third kappa shape index (κ3) is 2.53. The highest BCUT2D eigenvalue weighted by atomic mass is 35.5. The summed E-state index contributed by atoms with van der Waals surface area (Å²) in [6.45, 7) is 0. The lowest BCUT2D eigenvalue weighted by molar-refractivity contribution is -0.142. The van der Waals surface area contributed by atoms with Crippen LogP contribution in [0.4, 0.5) is 5.69 Å². The molecule has 2 aliphatic heterocycles. The number of fused-ring (bicyclic) bond motifs is 5. The van der Waals surface area contributed by atoms with Crippen LogP contribution in [0, 0.1) is 5.41 Å². The third-order valence-electron chi connectivity index (χ3n) is 7.38. The number of esters is 1. The van der Waals surface area contributed by atoms with Crippen molar-refractivity contribution >= 4 is 40.9 Å². The van der Waals surface area contributed by atoms with E-state index in [1.165, 1.54) is 7.11 Å². The molecule has 1 spiro atoms. The van der Waals surface area contributed by atoms with Crippen LogP contribution in [0.1, 0.15) is 37.8 Å². The van der Waals surface area contributed by atoms with Crippen LogP contribution in [0.2, 0.25) is 5.02 Å². The number of methoxy groups -OCH3 is 1. The van der Waals surface area contributed by atoms with E-state index in [9.17, 15) is 14.4 Å². The summed E-state index contributed by atoms with van der Waals surface area (Å²) >= 11 is 6.17. The minimum atomic E-state index is -1.51. The summed E-state index contributed by atoms with van der Waals surface area (Å²) in [7, 11) is 1.33. The van der Waals surface area contributed by atoms with Crippen molar-refractivity contribution < 1.29 is 19.1 Å². The van der Waals surface area contributed by atoms with Gasteiger partial charge in [-0.05, 0) is 29.3 Å². The maximum Gasteiger partial charge on any atom is 0.329 e. The lowest BCUT2D eigenvalue weighted by atomic mass is 9.65. The van der Waals surface area contributed by atoms with Crippen LogP contribution in [-0.2, 0) is 9.53 Å². The fourth-order valence-electron chi connectivity index (χ4n) is 6.05. The van der Waals surface area contributed by atoms with E-state index in [1.807, 2.05) is 41.3 Å². The van der Waals surface area contributed by atoms with Gasteiger partial charge in [0.1, 0.15) is 11.5 Å². The molecule has 0 aromatic heterocycles. The lowest BCUT2D eigenvalue weighted by Gasteiger charge is -2.36. The Kier molecular flexibility index (Phi) is 4.55. The largest absolute Gasteiger partial charge is 0.467 e. The summed E-state index contributed by atoms with van der Waals surface area (Å²) in [5, 5.41) is 0.528. The molecule has 34 heavy (non-hydrogen) atoms. The Balaban J connectivity index is 1.69. The Morgan fingerprint density at radius 3 is 2.18 bits per heavy atom. The number of hydrogen-bond donors (Lipinski definition) is 0. The molecule has 1 fully saturated rings. The van der Waals surface area contributed by atoms with Crippen molar-refractivity contribution in [2.75, 3.05) is 12.0 Å². The zero-order valence-corrected chi connectivity index (χ0v) is 19.0. The molecule has 0 unspecified atom stereocenters. The quantitative estimate of drug-likeness (QED) is 0.392. The van der Waals surface area contributed by atoms with Crippen molar-refractivity contribution in [2.24, 2.45) is 5.41 Å². The first-order chi connectivity index (χ1) is 16.5. The number of halogens is 1. The van der Waals surface area contributed by atoms with Crippen LogP contribution in [0.25, 0.3) is 6.08 Å². The van der Waals surface area contributed by atoms with Gasteiger partial charge >= 0.3 is 5.97 Å². The normalized spacial score (nSPS) is 23.6. The lowest BCUT2D eigenvalue weighted by Crippen LogP contribution is -2.48. The van der Waals surface area contributed by atoms with Crippen molar-refractivity contribution in [3.63, 3.8) is 0 Å². The van der Waals surface area contributed by atoms with Crippen molar-refractivity contribution in [1.82, 2.24) is 0 Å². The number of ketones is 2. The standard InChI is InChI=1S/C28H20ClNO4/c1-34-27(33)24-23(17-10-13-18(29)14-11-17)28(25(31)19-7-3-4-8-20(19)26(28)32)22-15-12-16-6-2-5-9-21(16)30(22)24/h2-15,22-24H,1H3/t22-,23-,24+/m0/s1. The zero-order valence-electron chi connectivity index (χ0n) is 18.3. The monoisotopic (exact) mass is 469 g/mol.